The van der Waals surface area contributed by atoms with E-state index in [0.717, 1.165) is 28.4 Å². The summed E-state index contributed by atoms with van der Waals surface area (Å²) in [6, 6.07) is 14.9. The van der Waals surface area contributed by atoms with Gasteiger partial charge in [-0.05, 0) is 61.8 Å². The predicted molar refractivity (Wildman–Crippen MR) is 153 cm³/mol. The summed E-state index contributed by atoms with van der Waals surface area (Å²) in [6.45, 7) is 9.06. The van der Waals surface area contributed by atoms with Gasteiger partial charge < -0.3 is 25.1 Å². The molecule has 0 aliphatic carbocycles. The normalized spacial score (nSPS) is 14.2. The van der Waals surface area contributed by atoms with Gasteiger partial charge >= 0.3 is 0 Å². The third-order valence-electron chi connectivity index (χ3n) is 7.09. The second kappa shape index (κ2) is 15.3. The lowest BCUT2D eigenvalue weighted by Crippen LogP contribution is -2.47. The number of hydrogen-bond acceptors (Lipinski definition) is 6. The fraction of sp³-hybridized carbons (Fsp3) is 0.567. The van der Waals surface area contributed by atoms with Crippen LogP contribution in [0.1, 0.15) is 51.7 Å². The Balaban J connectivity index is 2.02. The molecule has 3 N–H and O–H groups in total. The van der Waals surface area contributed by atoms with Gasteiger partial charge in [0.2, 0.25) is 5.91 Å². The van der Waals surface area contributed by atoms with Gasteiger partial charge in [-0.3, -0.25) is 9.21 Å². The number of carbonyl (C=O) groups excluding carboxylic acids is 1. The lowest BCUT2D eigenvalue weighted by atomic mass is 9.82. The van der Waals surface area contributed by atoms with Gasteiger partial charge in [0, 0.05) is 38.0 Å². The van der Waals surface area contributed by atoms with E-state index in [-0.39, 0.29) is 18.4 Å². The third-order valence-corrected chi connectivity index (χ3v) is 7.38. The number of aliphatic hydroxyl groups excluding tert-OH is 1. The highest BCUT2D eigenvalue weighted by molar-refractivity contribution is 6.22. The van der Waals surface area contributed by atoms with Crippen molar-refractivity contribution in [2.24, 2.45) is 17.6 Å². The minimum absolute atomic E-state index is 0.0510. The first-order valence-electron chi connectivity index (χ1n) is 13.3. The average molecular weight is 549 g/mol. The molecule has 1 amide bonds. The summed E-state index contributed by atoms with van der Waals surface area (Å²) in [5.41, 5.74) is 7.58. The van der Waals surface area contributed by atoms with Gasteiger partial charge in [-0.2, -0.15) is 0 Å². The molecule has 0 bridgehead atoms. The lowest BCUT2D eigenvalue weighted by Gasteiger charge is -2.31. The standard InChI is InChI=1S/C30H45ClN2O5/c1-21(2)23(17-22-13-14-27(37-6)28(18-22)38-16-10-15-36-5)19-25(32)26(34)20-33(31)29(35)30(3,4)24-11-8-7-9-12-24/h7-9,11-14,18,21,23,25-26,34H,10,15-17,19-20,32H2,1-6H3/t23-,25-,26-/m0/s1. The van der Waals surface area contributed by atoms with Crippen molar-refractivity contribution in [3.63, 3.8) is 0 Å². The highest BCUT2D eigenvalue weighted by Crippen LogP contribution is 2.32. The van der Waals surface area contributed by atoms with Gasteiger partial charge in [0.05, 0.1) is 31.8 Å². The van der Waals surface area contributed by atoms with Crippen molar-refractivity contribution in [1.82, 2.24) is 4.42 Å². The van der Waals surface area contributed by atoms with Crippen LogP contribution in [0, 0.1) is 11.8 Å². The summed E-state index contributed by atoms with van der Waals surface area (Å²) in [4.78, 5) is 13.1. The predicted octanol–water partition coefficient (Wildman–Crippen LogP) is 4.96. The molecule has 0 heterocycles. The second-order valence-corrected chi connectivity index (χ2v) is 11.1. The molecule has 0 aliphatic rings. The van der Waals surface area contributed by atoms with Crippen molar-refractivity contribution >= 4 is 17.7 Å². The molecule has 2 aromatic rings. The van der Waals surface area contributed by atoms with E-state index in [2.05, 4.69) is 13.8 Å². The first-order chi connectivity index (χ1) is 18.0. The average Bonchev–Trinajstić information content (AvgIpc) is 2.90. The topological polar surface area (TPSA) is 94.3 Å². The van der Waals surface area contributed by atoms with E-state index in [4.69, 9.17) is 31.7 Å². The summed E-state index contributed by atoms with van der Waals surface area (Å²) in [5.74, 6) is 1.63. The zero-order chi connectivity index (χ0) is 28.3. The molecule has 0 saturated carbocycles. The number of nitrogens with zero attached hydrogens (tertiary/aromatic N) is 1. The minimum Gasteiger partial charge on any atom is -0.493 e. The molecule has 0 spiro atoms. The first kappa shape index (κ1) is 31.9. The lowest BCUT2D eigenvalue weighted by molar-refractivity contribution is -0.132. The molecule has 0 saturated heterocycles. The SMILES string of the molecule is COCCCOc1cc(C[C@@H](C[C@H](N)[C@@H](O)CN(Cl)C(=O)C(C)(C)c2ccccc2)C(C)C)ccc1OC. The van der Waals surface area contributed by atoms with Crippen molar-refractivity contribution in [3.05, 3.63) is 59.7 Å². The van der Waals surface area contributed by atoms with Gasteiger partial charge in [0.25, 0.3) is 0 Å². The Morgan fingerprint density at radius 2 is 1.76 bits per heavy atom. The van der Waals surface area contributed by atoms with Gasteiger partial charge in [-0.1, -0.05) is 50.2 Å². The largest absolute Gasteiger partial charge is 0.493 e. The van der Waals surface area contributed by atoms with Crippen LogP contribution in [-0.2, 0) is 21.4 Å². The second-order valence-electron chi connectivity index (χ2n) is 10.7. The number of rotatable bonds is 16. The molecule has 7 nitrogen and oxygen atoms in total. The Bertz CT molecular complexity index is 986. The fourth-order valence-corrected chi connectivity index (χ4v) is 4.76. The van der Waals surface area contributed by atoms with Gasteiger partial charge in [-0.25, -0.2) is 0 Å². The number of amides is 1. The van der Waals surface area contributed by atoms with Crippen LogP contribution in [0.3, 0.4) is 0 Å². The molecule has 0 fully saturated rings. The number of nitrogens with two attached hydrogens (primary N) is 1. The smallest absolute Gasteiger partial charge is 0.247 e. The molecule has 0 unspecified atom stereocenters. The number of carbonyl (C=O) groups is 1. The molecule has 2 aromatic carbocycles. The van der Waals surface area contributed by atoms with Gasteiger partial charge in [0.1, 0.15) is 0 Å². The summed E-state index contributed by atoms with van der Waals surface area (Å²) in [7, 11) is 3.29. The van der Waals surface area contributed by atoms with Crippen LogP contribution in [0.5, 0.6) is 11.5 Å². The Morgan fingerprint density at radius 1 is 1.08 bits per heavy atom. The first-order valence-corrected chi connectivity index (χ1v) is 13.6. The number of hydrogen-bond donors (Lipinski definition) is 2. The zero-order valence-electron chi connectivity index (χ0n) is 23.7. The van der Waals surface area contributed by atoms with E-state index >= 15 is 0 Å². The fourth-order valence-electron chi connectivity index (χ4n) is 4.41. The number of benzene rings is 2. The van der Waals surface area contributed by atoms with Crippen molar-refractivity contribution in [1.29, 1.82) is 0 Å². The van der Waals surface area contributed by atoms with Gasteiger partial charge in [0.15, 0.2) is 11.5 Å². The van der Waals surface area contributed by atoms with Crippen molar-refractivity contribution in [3.8, 4) is 11.5 Å². The van der Waals surface area contributed by atoms with E-state index in [9.17, 15) is 9.90 Å². The maximum atomic E-state index is 13.1. The molecule has 0 radical (unpaired) electrons. The minimum atomic E-state index is -0.959. The van der Waals surface area contributed by atoms with Crippen LogP contribution < -0.4 is 15.2 Å². The van der Waals surface area contributed by atoms with Crippen LogP contribution in [-0.4, -0.2) is 61.6 Å². The van der Waals surface area contributed by atoms with E-state index in [1.807, 2.05) is 62.4 Å². The quantitative estimate of drug-likeness (QED) is 0.227. The molecular weight excluding hydrogens is 504 g/mol. The van der Waals surface area contributed by atoms with Crippen LogP contribution in [0.2, 0.25) is 0 Å². The highest BCUT2D eigenvalue weighted by Gasteiger charge is 2.35. The molecule has 212 valence electrons. The number of halogens is 1. The molecule has 38 heavy (non-hydrogen) atoms. The summed E-state index contributed by atoms with van der Waals surface area (Å²) in [5, 5.41) is 10.9. The van der Waals surface area contributed by atoms with Crippen LogP contribution in [0.25, 0.3) is 0 Å². The number of aliphatic hydroxyl groups is 1. The van der Waals surface area contributed by atoms with Gasteiger partial charge in [-0.15, -0.1) is 0 Å². The van der Waals surface area contributed by atoms with Crippen molar-refractivity contribution in [2.75, 3.05) is 34.0 Å². The third kappa shape index (κ3) is 9.16. The molecule has 0 aromatic heterocycles. The van der Waals surface area contributed by atoms with Crippen LogP contribution in [0.4, 0.5) is 0 Å². The van der Waals surface area contributed by atoms with Crippen molar-refractivity contribution in [2.45, 2.75) is 64.5 Å². The summed E-state index contributed by atoms with van der Waals surface area (Å²) >= 11 is 6.38. The van der Waals surface area contributed by atoms with Crippen LogP contribution in [0.15, 0.2) is 48.5 Å². The van der Waals surface area contributed by atoms with Crippen molar-refractivity contribution < 1.29 is 24.1 Å². The number of methoxy groups -OCH3 is 2. The molecule has 3 atom stereocenters. The maximum absolute atomic E-state index is 13.1. The Labute approximate surface area is 233 Å². The zero-order valence-corrected chi connectivity index (χ0v) is 24.4. The highest BCUT2D eigenvalue weighted by atomic mass is 35.5. The number of ether oxygens (including phenoxy) is 3. The Morgan fingerprint density at radius 3 is 2.37 bits per heavy atom. The van der Waals surface area contributed by atoms with E-state index in [0.29, 0.717) is 37.1 Å². The van der Waals surface area contributed by atoms with E-state index < -0.39 is 17.6 Å². The molecule has 8 heteroatoms. The Kier molecular flexibility index (Phi) is 12.9. The molecule has 0 aliphatic heterocycles. The van der Waals surface area contributed by atoms with E-state index in [1.165, 1.54) is 0 Å². The van der Waals surface area contributed by atoms with Crippen LogP contribution >= 0.6 is 11.8 Å². The molecular formula is C30H45ClN2O5. The molecule has 2 rings (SSSR count). The maximum Gasteiger partial charge on any atom is 0.247 e. The van der Waals surface area contributed by atoms with E-state index in [1.54, 1.807) is 14.2 Å². The summed E-state index contributed by atoms with van der Waals surface area (Å²) in [6.07, 6.45) is 1.17. The summed E-state index contributed by atoms with van der Waals surface area (Å²) < 4.78 is 17.6. The monoisotopic (exact) mass is 548 g/mol. The Hall–Kier alpha value is -2.32.